The maximum Gasteiger partial charge on any atom is 0.311 e. The van der Waals surface area contributed by atoms with Gasteiger partial charge in [-0.2, -0.15) is 0 Å². The van der Waals surface area contributed by atoms with Crippen LogP contribution in [0.4, 0.5) is 11.4 Å². The van der Waals surface area contributed by atoms with Gasteiger partial charge >= 0.3 is 5.97 Å². The zero-order chi connectivity index (χ0) is 22.0. The third-order valence-corrected chi connectivity index (χ3v) is 5.62. The Hall–Kier alpha value is -3.09. The van der Waals surface area contributed by atoms with Gasteiger partial charge in [0.1, 0.15) is 0 Å². The van der Waals surface area contributed by atoms with Crippen LogP contribution in [-0.4, -0.2) is 30.9 Å². The monoisotopic (exact) mass is 456 g/mol. The summed E-state index contributed by atoms with van der Waals surface area (Å²) in [5.41, 5.74) is 1.08. The summed E-state index contributed by atoms with van der Waals surface area (Å²) in [7, 11) is 0. The van der Waals surface area contributed by atoms with Crippen LogP contribution in [-0.2, 0) is 19.1 Å². The molecule has 1 atom stereocenters. The van der Waals surface area contributed by atoms with Crippen molar-refractivity contribution in [2.45, 2.75) is 6.42 Å². The van der Waals surface area contributed by atoms with Crippen LogP contribution in [0.5, 0.6) is 0 Å². The first kappa shape index (κ1) is 21.2. The summed E-state index contributed by atoms with van der Waals surface area (Å²) in [6.45, 7) is -0.326. The predicted octanol–water partition coefficient (Wildman–Crippen LogP) is 4.68. The fourth-order valence-electron chi connectivity index (χ4n) is 3.57. The highest BCUT2D eigenvalue weighted by molar-refractivity contribution is 6.35. The Kier molecular flexibility index (Phi) is 6.11. The predicted molar refractivity (Wildman–Crippen MR) is 120 cm³/mol. The third kappa shape index (κ3) is 4.65. The second-order valence-electron chi connectivity index (χ2n) is 7.18. The van der Waals surface area contributed by atoms with Crippen molar-refractivity contribution in [3.63, 3.8) is 0 Å². The normalized spacial score (nSPS) is 15.9. The Morgan fingerprint density at radius 1 is 1.06 bits per heavy atom. The number of rotatable bonds is 5. The number of carbonyl (C=O) groups excluding carboxylic acids is 3. The van der Waals surface area contributed by atoms with E-state index in [9.17, 15) is 14.4 Å². The van der Waals surface area contributed by atoms with E-state index >= 15 is 0 Å². The minimum atomic E-state index is -0.687. The summed E-state index contributed by atoms with van der Waals surface area (Å²) in [4.78, 5) is 38.6. The van der Waals surface area contributed by atoms with Crippen molar-refractivity contribution in [1.29, 1.82) is 0 Å². The largest absolute Gasteiger partial charge is 0.455 e. The molecule has 0 aliphatic carbocycles. The molecule has 1 saturated heterocycles. The van der Waals surface area contributed by atoms with Gasteiger partial charge in [0, 0.05) is 29.1 Å². The fourth-order valence-corrected chi connectivity index (χ4v) is 3.95. The molecule has 0 unspecified atom stereocenters. The highest BCUT2D eigenvalue weighted by Crippen LogP contribution is 2.33. The van der Waals surface area contributed by atoms with Gasteiger partial charge in [-0.05, 0) is 29.7 Å². The van der Waals surface area contributed by atoms with Crippen molar-refractivity contribution in [1.82, 2.24) is 0 Å². The van der Waals surface area contributed by atoms with E-state index in [0.717, 1.165) is 10.8 Å². The second kappa shape index (κ2) is 8.96. The molecule has 2 amide bonds. The van der Waals surface area contributed by atoms with Gasteiger partial charge in [-0.15, -0.1) is 0 Å². The fraction of sp³-hybridized carbons (Fsp3) is 0.174. The van der Waals surface area contributed by atoms with Crippen LogP contribution < -0.4 is 10.2 Å². The number of halogens is 2. The summed E-state index contributed by atoms with van der Waals surface area (Å²) in [5.74, 6) is -2.01. The average Bonchev–Trinajstić information content (AvgIpc) is 3.15. The minimum Gasteiger partial charge on any atom is -0.455 e. The molecule has 3 aromatic rings. The van der Waals surface area contributed by atoms with Gasteiger partial charge < -0.3 is 15.0 Å². The topological polar surface area (TPSA) is 75.7 Å². The highest BCUT2D eigenvalue weighted by Gasteiger charge is 2.37. The number of nitrogens with one attached hydrogen (secondary N) is 1. The van der Waals surface area contributed by atoms with Crippen LogP contribution in [0.15, 0.2) is 60.7 Å². The lowest BCUT2D eigenvalue weighted by molar-refractivity contribution is -0.151. The molecule has 6 nitrogen and oxygen atoms in total. The summed E-state index contributed by atoms with van der Waals surface area (Å²) >= 11 is 12.2. The molecule has 0 saturated carbocycles. The van der Waals surface area contributed by atoms with Crippen LogP contribution >= 0.6 is 23.2 Å². The SMILES string of the molecule is O=C(COC(=O)[C@H]1CC(=O)N(c2cc(Cl)ccc2Cl)C1)Nc1cccc2ccccc12. The molecule has 3 aromatic carbocycles. The van der Waals surface area contributed by atoms with E-state index in [0.29, 0.717) is 21.4 Å². The summed E-state index contributed by atoms with van der Waals surface area (Å²) in [5, 5.41) is 5.43. The zero-order valence-corrected chi connectivity index (χ0v) is 17.8. The van der Waals surface area contributed by atoms with Gasteiger partial charge in [0.2, 0.25) is 5.91 Å². The van der Waals surface area contributed by atoms with Gasteiger partial charge in [0.05, 0.1) is 16.6 Å². The standard InChI is InChI=1S/C23H18Cl2N2O4/c24-16-8-9-18(25)20(11-16)27-12-15(10-22(27)29)23(30)31-13-21(28)26-19-7-3-5-14-4-1-2-6-17(14)19/h1-9,11,15H,10,12-13H2,(H,26,28)/t15-/m0/s1. The highest BCUT2D eigenvalue weighted by atomic mass is 35.5. The first-order valence-corrected chi connectivity index (χ1v) is 10.4. The van der Waals surface area contributed by atoms with Crippen LogP contribution in [0.25, 0.3) is 10.8 Å². The molecular formula is C23H18Cl2N2O4. The molecule has 1 N–H and O–H groups in total. The molecule has 1 heterocycles. The molecule has 1 aliphatic rings. The second-order valence-corrected chi connectivity index (χ2v) is 8.03. The lowest BCUT2D eigenvalue weighted by Crippen LogP contribution is -2.28. The van der Waals surface area contributed by atoms with Crippen LogP contribution in [0, 0.1) is 5.92 Å². The molecule has 8 heteroatoms. The molecule has 4 rings (SSSR count). The summed E-state index contributed by atoms with van der Waals surface area (Å²) in [6.07, 6.45) is -0.0212. The summed E-state index contributed by atoms with van der Waals surface area (Å²) in [6, 6.07) is 18.0. The Bertz CT molecular complexity index is 1180. The molecule has 0 radical (unpaired) electrons. The van der Waals surface area contributed by atoms with E-state index in [2.05, 4.69) is 5.32 Å². The van der Waals surface area contributed by atoms with Crippen molar-refractivity contribution in [3.05, 3.63) is 70.7 Å². The number of fused-ring (bicyclic) bond motifs is 1. The Balaban J connectivity index is 1.36. The van der Waals surface area contributed by atoms with E-state index in [-0.39, 0.29) is 18.9 Å². The van der Waals surface area contributed by atoms with Gasteiger partial charge in [0.25, 0.3) is 5.91 Å². The van der Waals surface area contributed by atoms with Crippen molar-refractivity contribution in [2.75, 3.05) is 23.4 Å². The summed E-state index contributed by atoms with van der Waals surface area (Å²) < 4.78 is 5.17. The maximum absolute atomic E-state index is 12.4. The molecule has 158 valence electrons. The van der Waals surface area contributed by atoms with Crippen molar-refractivity contribution >= 4 is 63.1 Å². The van der Waals surface area contributed by atoms with Crippen LogP contribution in [0.3, 0.4) is 0 Å². The number of carbonyl (C=O) groups is 3. The van der Waals surface area contributed by atoms with E-state index in [1.165, 1.54) is 4.90 Å². The van der Waals surface area contributed by atoms with E-state index in [1.807, 2.05) is 36.4 Å². The lowest BCUT2D eigenvalue weighted by atomic mass is 10.1. The van der Waals surface area contributed by atoms with Crippen LogP contribution in [0.2, 0.25) is 10.0 Å². The van der Waals surface area contributed by atoms with Crippen molar-refractivity contribution < 1.29 is 19.1 Å². The van der Waals surface area contributed by atoms with E-state index < -0.39 is 24.4 Å². The van der Waals surface area contributed by atoms with Gasteiger partial charge in [-0.3, -0.25) is 14.4 Å². The van der Waals surface area contributed by atoms with Gasteiger partial charge in [0.15, 0.2) is 6.61 Å². The number of ether oxygens (including phenoxy) is 1. The van der Waals surface area contributed by atoms with E-state index in [1.54, 1.807) is 24.3 Å². The number of hydrogen-bond donors (Lipinski definition) is 1. The number of benzene rings is 3. The van der Waals surface area contributed by atoms with Crippen LogP contribution in [0.1, 0.15) is 6.42 Å². The molecule has 31 heavy (non-hydrogen) atoms. The number of amides is 2. The molecule has 0 spiro atoms. The zero-order valence-electron chi connectivity index (χ0n) is 16.3. The van der Waals surface area contributed by atoms with Crippen molar-refractivity contribution in [2.24, 2.45) is 5.92 Å². The first-order valence-electron chi connectivity index (χ1n) is 9.62. The first-order chi connectivity index (χ1) is 14.9. The molecule has 0 bridgehead atoms. The molecule has 0 aromatic heterocycles. The lowest BCUT2D eigenvalue weighted by Gasteiger charge is -2.18. The molecular weight excluding hydrogens is 439 g/mol. The quantitative estimate of drug-likeness (QED) is 0.565. The Morgan fingerprint density at radius 3 is 2.68 bits per heavy atom. The van der Waals surface area contributed by atoms with Gasteiger partial charge in [-0.1, -0.05) is 59.6 Å². The minimum absolute atomic E-state index is 0.0212. The maximum atomic E-state index is 12.4. The Morgan fingerprint density at radius 2 is 1.84 bits per heavy atom. The smallest absolute Gasteiger partial charge is 0.311 e. The molecule has 1 aliphatic heterocycles. The Labute approximate surface area is 188 Å². The molecule has 1 fully saturated rings. The number of hydrogen-bond acceptors (Lipinski definition) is 4. The third-order valence-electron chi connectivity index (χ3n) is 5.07. The number of nitrogens with zero attached hydrogens (tertiary/aromatic N) is 1. The van der Waals surface area contributed by atoms with Crippen molar-refractivity contribution in [3.8, 4) is 0 Å². The van der Waals surface area contributed by atoms with E-state index in [4.69, 9.17) is 27.9 Å². The number of anilines is 2. The average molecular weight is 457 g/mol. The number of esters is 1. The van der Waals surface area contributed by atoms with Gasteiger partial charge in [-0.25, -0.2) is 0 Å².